The van der Waals surface area contributed by atoms with Crippen LogP contribution < -0.4 is 10.1 Å². The Kier molecular flexibility index (Phi) is 5.87. The molecule has 0 radical (unpaired) electrons. The maximum absolute atomic E-state index is 12.2. The summed E-state index contributed by atoms with van der Waals surface area (Å²) >= 11 is 0. The number of likely N-dealkylation sites (N-methyl/N-ethyl adjacent to an activating group) is 1. The maximum atomic E-state index is 12.2. The number of para-hydroxylation sites is 1. The molecule has 110 valence electrons. The number of benzene rings is 1. The van der Waals surface area contributed by atoms with Crippen molar-refractivity contribution < 1.29 is 9.53 Å². The van der Waals surface area contributed by atoms with Crippen LogP contribution in [0.5, 0.6) is 5.75 Å². The highest BCUT2D eigenvalue weighted by atomic mass is 16.5. The van der Waals surface area contributed by atoms with Gasteiger partial charge in [-0.15, -0.1) is 0 Å². The largest absolute Gasteiger partial charge is 0.493 e. The summed E-state index contributed by atoms with van der Waals surface area (Å²) in [5.41, 5.74) is 0. The van der Waals surface area contributed by atoms with E-state index in [1.807, 2.05) is 35.2 Å². The third-order valence-corrected chi connectivity index (χ3v) is 3.59. The van der Waals surface area contributed by atoms with Crippen LogP contribution in [0.1, 0.15) is 26.2 Å². The fraction of sp³-hybridized carbons (Fsp3) is 0.562. The van der Waals surface area contributed by atoms with E-state index in [-0.39, 0.29) is 5.91 Å². The number of carbonyl (C=O) groups excluding carboxylic acids is 1. The molecule has 4 heteroatoms. The summed E-state index contributed by atoms with van der Waals surface area (Å²) in [4.78, 5) is 14.1. The minimum absolute atomic E-state index is 0.198. The van der Waals surface area contributed by atoms with Crippen LogP contribution in [0.3, 0.4) is 0 Å². The highest BCUT2D eigenvalue weighted by Crippen LogP contribution is 2.12. The molecule has 1 aliphatic rings. The summed E-state index contributed by atoms with van der Waals surface area (Å²) in [6.07, 6.45) is 2.70. The van der Waals surface area contributed by atoms with E-state index < -0.39 is 0 Å². The Morgan fingerprint density at radius 2 is 2.20 bits per heavy atom. The first-order valence-corrected chi connectivity index (χ1v) is 7.48. The fourth-order valence-electron chi connectivity index (χ4n) is 2.59. The van der Waals surface area contributed by atoms with Gasteiger partial charge in [0.25, 0.3) is 0 Å². The van der Waals surface area contributed by atoms with Gasteiger partial charge in [0.2, 0.25) is 5.91 Å². The summed E-state index contributed by atoms with van der Waals surface area (Å²) in [5, 5.41) is 3.43. The van der Waals surface area contributed by atoms with Crippen molar-refractivity contribution in [2.75, 3.05) is 26.2 Å². The molecule has 1 fully saturated rings. The smallest absolute Gasteiger partial charge is 0.226 e. The molecule has 0 saturated carbocycles. The quantitative estimate of drug-likeness (QED) is 0.864. The lowest BCUT2D eigenvalue weighted by Gasteiger charge is -2.33. The van der Waals surface area contributed by atoms with E-state index in [0.29, 0.717) is 19.1 Å². The molecule has 1 aromatic rings. The minimum atomic E-state index is 0.198. The molecule has 0 spiro atoms. The molecule has 0 bridgehead atoms. The van der Waals surface area contributed by atoms with Gasteiger partial charge in [-0.1, -0.05) is 25.1 Å². The first-order valence-electron chi connectivity index (χ1n) is 7.48. The van der Waals surface area contributed by atoms with Gasteiger partial charge in [-0.05, 0) is 31.5 Å². The van der Waals surface area contributed by atoms with Crippen molar-refractivity contribution in [2.45, 2.75) is 32.2 Å². The predicted molar refractivity (Wildman–Crippen MR) is 79.8 cm³/mol. The lowest BCUT2D eigenvalue weighted by molar-refractivity contribution is -0.133. The van der Waals surface area contributed by atoms with E-state index in [2.05, 4.69) is 12.2 Å². The molecule has 1 heterocycles. The summed E-state index contributed by atoms with van der Waals surface area (Å²) < 4.78 is 5.58. The van der Waals surface area contributed by atoms with Gasteiger partial charge in [-0.25, -0.2) is 0 Å². The minimum Gasteiger partial charge on any atom is -0.493 e. The number of hydrogen-bond donors (Lipinski definition) is 1. The fourth-order valence-corrected chi connectivity index (χ4v) is 2.59. The Morgan fingerprint density at radius 3 is 2.95 bits per heavy atom. The molecule has 2 rings (SSSR count). The summed E-state index contributed by atoms with van der Waals surface area (Å²) in [6.45, 7) is 5.23. The number of amides is 1. The second-order valence-corrected chi connectivity index (χ2v) is 5.15. The van der Waals surface area contributed by atoms with E-state index in [1.165, 1.54) is 0 Å². The van der Waals surface area contributed by atoms with Crippen molar-refractivity contribution in [2.24, 2.45) is 0 Å². The normalized spacial score (nSPS) is 18.9. The second-order valence-electron chi connectivity index (χ2n) is 5.15. The van der Waals surface area contributed by atoms with Crippen molar-refractivity contribution in [3.8, 4) is 5.75 Å². The van der Waals surface area contributed by atoms with E-state index in [4.69, 9.17) is 4.74 Å². The first kappa shape index (κ1) is 14.9. The molecule has 0 aromatic heterocycles. The van der Waals surface area contributed by atoms with Crippen LogP contribution in [0.15, 0.2) is 30.3 Å². The van der Waals surface area contributed by atoms with E-state index in [1.54, 1.807) is 0 Å². The molecule has 20 heavy (non-hydrogen) atoms. The molecule has 0 aliphatic carbocycles. The number of ether oxygens (including phenoxy) is 1. The summed E-state index contributed by atoms with van der Waals surface area (Å²) in [5.74, 6) is 1.02. The molecule has 1 N–H and O–H groups in total. The highest BCUT2D eigenvalue weighted by Gasteiger charge is 2.22. The van der Waals surface area contributed by atoms with Crippen molar-refractivity contribution in [3.63, 3.8) is 0 Å². The average Bonchev–Trinajstić information content (AvgIpc) is 2.49. The number of piperidine rings is 1. The summed E-state index contributed by atoms with van der Waals surface area (Å²) in [6, 6.07) is 10.1. The SMILES string of the molecule is CCNC1CCCN(C(=O)CCOc2ccccc2)C1. The van der Waals surface area contributed by atoms with Gasteiger partial charge in [0.1, 0.15) is 5.75 Å². The van der Waals surface area contributed by atoms with Crippen LogP contribution in [-0.4, -0.2) is 43.1 Å². The second kappa shape index (κ2) is 7.90. The number of likely N-dealkylation sites (tertiary alicyclic amines) is 1. The Morgan fingerprint density at radius 1 is 1.40 bits per heavy atom. The van der Waals surface area contributed by atoms with E-state index in [9.17, 15) is 4.79 Å². The lowest BCUT2D eigenvalue weighted by Crippen LogP contribution is -2.48. The maximum Gasteiger partial charge on any atom is 0.226 e. The van der Waals surface area contributed by atoms with Crippen LogP contribution in [0.4, 0.5) is 0 Å². The zero-order chi connectivity index (χ0) is 14.2. The predicted octanol–water partition coefficient (Wildman–Crippen LogP) is 2.06. The van der Waals surface area contributed by atoms with Crippen LogP contribution in [-0.2, 0) is 4.79 Å². The Hall–Kier alpha value is -1.55. The molecule has 1 saturated heterocycles. The van der Waals surface area contributed by atoms with Gasteiger partial charge in [0.15, 0.2) is 0 Å². The summed E-state index contributed by atoms with van der Waals surface area (Å²) in [7, 11) is 0. The number of hydrogen-bond acceptors (Lipinski definition) is 3. The molecule has 1 amide bonds. The lowest BCUT2D eigenvalue weighted by atomic mass is 10.1. The zero-order valence-electron chi connectivity index (χ0n) is 12.2. The number of rotatable bonds is 6. The van der Waals surface area contributed by atoms with Gasteiger partial charge in [0.05, 0.1) is 13.0 Å². The van der Waals surface area contributed by atoms with E-state index >= 15 is 0 Å². The molecular weight excluding hydrogens is 252 g/mol. The van der Waals surface area contributed by atoms with Gasteiger partial charge in [-0.2, -0.15) is 0 Å². The van der Waals surface area contributed by atoms with Crippen molar-refractivity contribution in [1.82, 2.24) is 10.2 Å². The average molecular weight is 276 g/mol. The van der Waals surface area contributed by atoms with E-state index in [0.717, 1.165) is 38.2 Å². The number of nitrogens with one attached hydrogen (secondary N) is 1. The van der Waals surface area contributed by atoms with Crippen molar-refractivity contribution >= 4 is 5.91 Å². The van der Waals surface area contributed by atoms with Crippen LogP contribution in [0, 0.1) is 0 Å². The standard InChI is InChI=1S/C16H24N2O2/c1-2-17-14-7-6-11-18(13-14)16(19)10-12-20-15-8-4-3-5-9-15/h3-5,8-9,14,17H,2,6-7,10-13H2,1H3. The first-order chi connectivity index (χ1) is 9.79. The van der Waals surface area contributed by atoms with Crippen LogP contribution in [0.25, 0.3) is 0 Å². The molecular formula is C16H24N2O2. The third kappa shape index (κ3) is 4.53. The highest BCUT2D eigenvalue weighted by molar-refractivity contribution is 5.76. The molecule has 4 nitrogen and oxygen atoms in total. The van der Waals surface area contributed by atoms with Crippen molar-refractivity contribution in [1.29, 1.82) is 0 Å². The molecule has 1 aromatic carbocycles. The van der Waals surface area contributed by atoms with Crippen LogP contribution in [0.2, 0.25) is 0 Å². The Labute approximate surface area is 121 Å². The van der Waals surface area contributed by atoms with Crippen molar-refractivity contribution in [3.05, 3.63) is 30.3 Å². The number of nitrogens with zero attached hydrogens (tertiary/aromatic N) is 1. The third-order valence-electron chi connectivity index (χ3n) is 3.59. The molecule has 1 atom stereocenters. The topological polar surface area (TPSA) is 41.6 Å². The molecule has 1 unspecified atom stereocenters. The Bertz CT molecular complexity index is 406. The van der Waals surface area contributed by atoms with Gasteiger partial charge in [0, 0.05) is 19.1 Å². The molecule has 1 aliphatic heterocycles. The monoisotopic (exact) mass is 276 g/mol. The van der Waals surface area contributed by atoms with Crippen LogP contribution >= 0.6 is 0 Å². The Balaban J connectivity index is 1.71. The zero-order valence-corrected chi connectivity index (χ0v) is 12.2. The van der Waals surface area contributed by atoms with Gasteiger partial charge in [-0.3, -0.25) is 4.79 Å². The van der Waals surface area contributed by atoms with Gasteiger partial charge >= 0.3 is 0 Å². The number of carbonyl (C=O) groups is 1. The van der Waals surface area contributed by atoms with Gasteiger partial charge < -0.3 is 15.0 Å².